The van der Waals surface area contributed by atoms with E-state index in [0.29, 0.717) is 17.8 Å². The maximum Gasteiger partial charge on any atom is 0.317 e. The van der Waals surface area contributed by atoms with Crippen molar-refractivity contribution in [3.63, 3.8) is 0 Å². The second-order valence-corrected chi connectivity index (χ2v) is 9.25. The number of pyridine rings is 1. The van der Waals surface area contributed by atoms with E-state index in [2.05, 4.69) is 25.3 Å². The highest BCUT2D eigenvalue weighted by atomic mass is 32.1. The lowest BCUT2D eigenvalue weighted by Gasteiger charge is -2.28. The van der Waals surface area contributed by atoms with E-state index >= 15 is 0 Å². The molecule has 0 radical (unpaired) electrons. The average Bonchev–Trinajstić information content (AvgIpc) is 3.36. The zero-order valence-electron chi connectivity index (χ0n) is 16.8. The second-order valence-electron chi connectivity index (χ2n) is 8.22. The number of hydrogen-bond acceptors (Lipinski definition) is 8. The molecule has 0 atom stereocenters. The van der Waals surface area contributed by atoms with Gasteiger partial charge in [0, 0.05) is 25.2 Å². The summed E-state index contributed by atoms with van der Waals surface area (Å²) in [4.78, 5) is 18.7. The van der Waals surface area contributed by atoms with Crippen molar-refractivity contribution >= 4 is 22.3 Å². The second kappa shape index (κ2) is 8.28. The lowest BCUT2D eigenvalue weighted by molar-refractivity contribution is 0.114. The average molecular weight is 424 g/mol. The minimum atomic E-state index is 0.121. The molecule has 2 aliphatic carbocycles. The number of aromatic nitrogens is 4. The molecule has 5 rings (SSSR count). The Bertz CT molecular complexity index is 993. The third kappa shape index (κ3) is 4.44. The Kier molecular flexibility index (Phi) is 5.35. The first-order valence-corrected chi connectivity index (χ1v) is 11.3. The summed E-state index contributed by atoms with van der Waals surface area (Å²) in [7, 11) is 0. The van der Waals surface area contributed by atoms with Gasteiger partial charge in [-0.3, -0.25) is 0 Å². The minimum Gasteiger partial charge on any atom is -0.460 e. The normalized spacial score (nSPS) is 17.8. The molecular formula is C22H25N5O2S. The number of aliphatic hydroxyl groups is 1. The van der Waals surface area contributed by atoms with Gasteiger partial charge in [0.2, 0.25) is 0 Å². The van der Waals surface area contributed by atoms with Crippen LogP contribution in [0.3, 0.4) is 0 Å². The van der Waals surface area contributed by atoms with Gasteiger partial charge in [0.25, 0.3) is 0 Å². The Balaban J connectivity index is 1.22. The molecule has 0 saturated heterocycles. The summed E-state index contributed by atoms with van der Waals surface area (Å²) in [5.41, 5.74) is 2.47. The minimum absolute atomic E-state index is 0.121. The topological polar surface area (TPSA) is 93.0 Å². The van der Waals surface area contributed by atoms with Gasteiger partial charge < -0.3 is 15.2 Å². The highest BCUT2D eigenvalue weighted by Gasteiger charge is 2.45. The Morgan fingerprint density at radius 2 is 1.93 bits per heavy atom. The molecule has 0 amide bonds. The molecule has 1 spiro atoms. The fourth-order valence-corrected chi connectivity index (χ4v) is 4.81. The van der Waals surface area contributed by atoms with E-state index in [0.717, 1.165) is 39.9 Å². The predicted octanol–water partition coefficient (Wildman–Crippen LogP) is 4.38. The number of nitrogens with zero attached hydrogens (tertiary/aromatic N) is 4. The lowest BCUT2D eigenvalue weighted by atomic mass is 9.85. The van der Waals surface area contributed by atoms with Gasteiger partial charge in [0.1, 0.15) is 11.9 Å². The molecule has 3 aromatic heterocycles. The molecule has 2 fully saturated rings. The van der Waals surface area contributed by atoms with Crippen molar-refractivity contribution in [1.82, 2.24) is 19.9 Å². The van der Waals surface area contributed by atoms with Crippen LogP contribution in [-0.2, 0) is 6.42 Å². The summed E-state index contributed by atoms with van der Waals surface area (Å²) >= 11 is 1.51. The number of anilines is 2. The molecule has 0 aromatic carbocycles. The van der Waals surface area contributed by atoms with Gasteiger partial charge in [-0.1, -0.05) is 17.4 Å². The first-order chi connectivity index (χ1) is 14.7. The third-order valence-electron chi connectivity index (χ3n) is 6.07. The molecule has 7 nitrogen and oxygen atoms in total. The van der Waals surface area contributed by atoms with Crippen LogP contribution >= 0.6 is 11.3 Å². The maximum absolute atomic E-state index is 9.00. The van der Waals surface area contributed by atoms with Crippen LogP contribution < -0.4 is 10.1 Å². The fraction of sp³-hybridized carbons (Fsp3) is 0.455. The van der Waals surface area contributed by atoms with Crippen molar-refractivity contribution in [3.05, 3.63) is 42.4 Å². The largest absolute Gasteiger partial charge is 0.460 e. The van der Waals surface area contributed by atoms with Gasteiger partial charge in [-0.25, -0.2) is 15.0 Å². The summed E-state index contributed by atoms with van der Waals surface area (Å²) < 4.78 is 6.09. The van der Waals surface area contributed by atoms with E-state index < -0.39 is 0 Å². The maximum atomic E-state index is 9.00. The number of nitrogens with one attached hydrogen (secondary N) is 1. The first kappa shape index (κ1) is 19.4. The molecule has 3 aromatic rings. The molecule has 2 aliphatic rings. The van der Waals surface area contributed by atoms with Crippen LogP contribution in [0.4, 0.5) is 10.9 Å². The van der Waals surface area contributed by atoms with Crippen LogP contribution in [0.2, 0.25) is 0 Å². The van der Waals surface area contributed by atoms with Gasteiger partial charge in [0.15, 0.2) is 5.13 Å². The van der Waals surface area contributed by atoms with Crippen molar-refractivity contribution in [1.29, 1.82) is 0 Å². The number of hydrogen-bond donors (Lipinski definition) is 2. The Labute approximate surface area is 179 Å². The predicted molar refractivity (Wildman–Crippen MR) is 116 cm³/mol. The van der Waals surface area contributed by atoms with Crippen LogP contribution in [0.1, 0.15) is 44.1 Å². The smallest absolute Gasteiger partial charge is 0.317 e. The number of thiazole rings is 1. The van der Waals surface area contributed by atoms with E-state index in [-0.39, 0.29) is 12.7 Å². The van der Waals surface area contributed by atoms with Crippen molar-refractivity contribution in [3.8, 4) is 16.6 Å². The van der Waals surface area contributed by atoms with Crippen LogP contribution in [0.15, 0.2) is 36.8 Å². The molecule has 3 heterocycles. The molecule has 30 heavy (non-hydrogen) atoms. The lowest BCUT2D eigenvalue weighted by Crippen LogP contribution is -2.25. The summed E-state index contributed by atoms with van der Waals surface area (Å²) in [6.07, 6.45) is 13.7. The standard InChI is InChI=1S/C22H25N5O2S/c28-12-6-15-1-2-19(24-13-15)27-21-25-14-18(30-21)17-5-11-23-20(26-17)29-16-3-7-22(8-4-16)9-10-22/h1-2,5,11,13-14,16,28H,3-4,6-10,12H2,(H,24,25,27). The van der Waals surface area contributed by atoms with Crippen molar-refractivity contribution < 1.29 is 9.84 Å². The van der Waals surface area contributed by atoms with Gasteiger partial charge in [-0.15, -0.1) is 0 Å². The van der Waals surface area contributed by atoms with E-state index in [1.165, 1.54) is 37.0 Å². The van der Waals surface area contributed by atoms with Crippen LogP contribution in [0.5, 0.6) is 6.01 Å². The molecule has 0 unspecified atom stereocenters. The molecule has 0 aliphatic heterocycles. The molecule has 8 heteroatoms. The summed E-state index contributed by atoms with van der Waals surface area (Å²) in [5, 5.41) is 13.0. The Hall–Kier alpha value is -2.58. The van der Waals surface area contributed by atoms with Crippen molar-refractivity contribution in [2.45, 2.75) is 51.0 Å². The highest BCUT2D eigenvalue weighted by molar-refractivity contribution is 7.18. The van der Waals surface area contributed by atoms with Gasteiger partial charge in [-0.2, -0.15) is 4.98 Å². The Morgan fingerprint density at radius 1 is 1.07 bits per heavy atom. The molecule has 0 bridgehead atoms. The van der Waals surface area contributed by atoms with Gasteiger partial charge in [-0.05, 0) is 68.1 Å². The summed E-state index contributed by atoms with van der Waals surface area (Å²) in [6, 6.07) is 6.17. The van der Waals surface area contributed by atoms with Crippen LogP contribution in [0.25, 0.3) is 10.6 Å². The van der Waals surface area contributed by atoms with E-state index in [9.17, 15) is 0 Å². The monoisotopic (exact) mass is 423 g/mol. The zero-order valence-corrected chi connectivity index (χ0v) is 17.6. The number of aliphatic hydroxyl groups excluding tert-OH is 1. The van der Waals surface area contributed by atoms with Crippen molar-refractivity contribution in [2.24, 2.45) is 5.41 Å². The van der Waals surface area contributed by atoms with Crippen molar-refractivity contribution in [2.75, 3.05) is 11.9 Å². The Morgan fingerprint density at radius 3 is 2.67 bits per heavy atom. The molecule has 2 N–H and O–H groups in total. The quantitative estimate of drug-likeness (QED) is 0.583. The number of ether oxygens (including phenoxy) is 1. The third-order valence-corrected chi connectivity index (χ3v) is 7.01. The van der Waals surface area contributed by atoms with E-state index in [1.807, 2.05) is 18.2 Å². The fourth-order valence-electron chi connectivity index (χ4n) is 4.02. The van der Waals surface area contributed by atoms with Gasteiger partial charge >= 0.3 is 6.01 Å². The van der Waals surface area contributed by atoms with E-state index in [4.69, 9.17) is 9.84 Å². The van der Waals surface area contributed by atoms with Crippen LogP contribution in [0, 0.1) is 5.41 Å². The number of rotatable bonds is 7. The summed E-state index contributed by atoms with van der Waals surface area (Å²) in [6.45, 7) is 0.121. The van der Waals surface area contributed by atoms with E-state index in [1.54, 1.807) is 18.6 Å². The first-order valence-electron chi connectivity index (χ1n) is 10.5. The zero-order chi connectivity index (χ0) is 20.4. The summed E-state index contributed by atoms with van der Waals surface area (Å²) in [5.74, 6) is 0.718. The SMILES string of the molecule is OCCc1ccc(Nc2ncc(-c3ccnc(OC4CCC5(CC4)CC5)n3)s2)nc1. The molecule has 2 saturated carbocycles. The van der Waals surface area contributed by atoms with Gasteiger partial charge in [0.05, 0.1) is 10.6 Å². The molecular weight excluding hydrogens is 398 g/mol. The highest BCUT2D eigenvalue weighted by Crippen LogP contribution is 2.56. The molecule has 156 valence electrons. The van der Waals surface area contributed by atoms with Crippen LogP contribution in [-0.4, -0.2) is 37.8 Å².